The summed E-state index contributed by atoms with van der Waals surface area (Å²) in [5.41, 5.74) is 0.235. The van der Waals surface area contributed by atoms with E-state index in [1.54, 1.807) is 0 Å². The van der Waals surface area contributed by atoms with Crippen LogP contribution in [-0.2, 0) is 0 Å². The van der Waals surface area contributed by atoms with Gasteiger partial charge in [-0.1, -0.05) is 25.8 Å². The Hall–Kier alpha value is -2.11. The van der Waals surface area contributed by atoms with Crippen molar-refractivity contribution in [2.75, 3.05) is 0 Å². The van der Waals surface area contributed by atoms with E-state index in [1.807, 2.05) is 0 Å². The Morgan fingerprint density at radius 2 is 1.55 bits per heavy atom. The molecule has 0 heterocycles. The molecule has 4 rings (SSSR count). The lowest BCUT2D eigenvalue weighted by atomic mass is 9.63. The monoisotopic (exact) mass is 438 g/mol. The van der Waals surface area contributed by atoms with Gasteiger partial charge in [0.15, 0.2) is 11.6 Å². The van der Waals surface area contributed by atoms with E-state index in [2.05, 4.69) is 11.7 Å². The van der Waals surface area contributed by atoms with Crippen LogP contribution in [0, 0.1) is 35.2 Å². The van der Waals surface area contributed by atoms with Crippen LogP contribution >= 0.6 is 0 Å². The second kappa shape index (κ2) is 9.17. The Morgan fingerprint density at radius 3 is 2.19 bits per heavy atom. The van der Waals surface area contributed by atoms with Crippen molar-refractivity contribution >= 4 is 0 Å². The lowest BCUT2D eigenvalue weighted by Crippen LogP contribution is -2.30. The van der Waals surface area contributed by atoms with Crippen molar-refractivity contribution < 1.29 is 26.7 Å². The van der Waals surface area contributed by atoms with Crippen LogP contribution in [0.3, 0.4) is 0 Å². The van der Waals surface area contributed by atoms with E-state index >= 15 is 0 Å². The molecule has 0 amide bonds. The van der Waals surface area contributed by atoms with Crippen LogP contribution in [0.2, 0.25) is 0 Å². The molecular formula is C25H27F5O. The summed E-state index contributed by atoms with van der Waals surface area (Å²) < 4.78 is 72.5. The molecule has 1 nitrogen and oxygen atoms in total. The highest BCUT2D eigenvalue weighted by atomic mass is 19.3. The van der Waals surface area contributed by atoms with Crippen molar-refractivity contribution in [3.8, 4) is 16.9 Å². The minimum Gasteiger partial charge on any atom is -0.432 e. The molecule has 2 aromatic carbocycles. The molecule has 2 saturated carbocycles. The van der Waals surface area contributed by atoms with Gasteiger partial charge in [-0.05, 0) is 91.2 Å². The third-order valence-electron chi connectivity index (χ3n) is 7.27. The summed E-state index contributed by atoms with van der Waals surface area (Å²) in [6, 6.07) is 5.65. The Balaban J connectivity index is 1.54. The highest BCUT2D eigenvalue weighted by Gasteiger charge is 2.36. The van der Waals surface area contributed by atoms with Gasteiger partial charge < -0.3 is 4.74 Å². The summed E-state index contributed by atoms with van der Waals surface area (Å²) in [6.45, 7) is -0.935. The van der Waals surface area contributed by atoms with Crippen LogP contribution < -0.4 is 4.74 Å². The summed E-state index contributed by atoms with van der Waals surface area (Å²) in [5.74, 6) is -1.03. The predicted molar refractivity (Wildman–Crippen MR) is 110 cm³/mol. The number of ether oxygens (including phenoxy) is 1. The first-order valence-electron chi connectivity index (χ1n) is 11.1. The lowest BCUT2D eigenvalue weighted by molar-refractivity contribution is -0.0521. The fraction of sp³-hybridized carbons (Fsp3) is 0.520. The van der Waals surface area contributed by atoms with Gasteiger partial charge in [0.05, 0.1) is 5.56 Å². The summed E-state index contributed by atoms with van der Waals surface area (Å²) in [6.07, 6.45) is 7.88. The smallest absolute Gasteiger partial charge is 0.387 e. The summed E-state index contributed by atoms with van der Waals surface area (Å²) in [5, 5.41) is 0. The molecule has 0 aromatic heterocycles. The normalized spacial score (nSPS) is 26.0. The van der Waals surface area contributed by atoms with Gasteiger partial charge in [-0.3, -0.25) is 0 Å². The van der Waals surface area contributed by atoms with E-state index in [9.17, 15) is 22.0 Å². The van der Waals surface area contributed by atoms with Gasteiger partial charge in [-0.15, -0.1) is 0 Å². The molecule has 6 heteroatoms. The van der Waals surface area contributed by atoms with Crippen molar-refractivity contribution in [2.24, 2.45) is 17.8 Å². The fourth-order valence-corrected chi connectivity index (χ4v) is 5.61. The molecule has 2 fully saturated rings. The third kappa shape index (κ3) is 4.73. The standard InChI is InChI=1S/C25H27F5O/c1-2-14-3-4-16-10-17(6-5-15(16)9-14)19-12-21(27)24(22(28)13-19)18-7-8-23(20(26)11-18)31-25(29)30/h7-8,11-17,25H,2-6,9-10H2,1H3. The SMILES string of the molecule is CCC1CCC2CC(c3cc(F)c(-c4ccc(OC(F)F)c(F)c4)c(F)c3)CCC2C1. The molecule has 4 atom stereocenters. The Bertz CT molecular complexity index is 905. The van der Waals surface area contributed by atoms with E-state index in [1.165, 1.54) is 43.9 Å². The van der Waals surface area contributed by atoms with E-state index < -0.39 is 29.8 Å². The van der Waals surface area contributed by atoms with Gasteiger partial charge in [0.2, 0.25) is 0 Å². The molecule has 0 N–H and O–H groups in total. The number of benzene rings is 2. The second-order valence-corrected chi connectivity index (χ2v) is 9.00. The topological polar surface area (TPSA) is 9.23 Å². The molecule has 0 radical (unpaired) electrons. The van der Waals surface area contributed by atoms with Gasteiger partial charge in [-0.25, -0.2) is 13.2 Å². The zero-order valence-electron chi connectivity index (χ0n) is 17.5. The quantitative estimate of drug-likeness (QED) is 0.429. The van der Waals surface area contributed by atoms with E-state index in [4.69, 9.17) is 0 Å². The zero-order chi connectivity index (χ0) is 22.1. The number of rotatable bonds is 5. The van der Waals surface area contributed by atoms with Crippen molar-refractivity contribution in [1.82, 2.24) is 0 Å². The first-order chi connectivity index (χ1) is 14.9. The number of hydrogen-bond donors (Lipinski definition) is 0. The Morgan fingerprint density at radius 1 is 0.871 bits per heavy atom. The summed E-state index contributed by atoms with van der Waals surface area (Å²) in [4.78, 5) is 0. The molecule has 0 saturated heterocycles. The van der Waals surface area contributed by atoms with Crippen LogP contribution in [0.4, 0.5) is 22.0 Å². The minimum absolute atomic E-state index is 0.0535. The largest absolute Gasteiger partial charge is 0.432 e. The number of hydrogen-bond acceptors (Lipinski definition) is 1. The maximum Gasteiger partial charge on any atom is 0.387 e. The first kappa shape index (κ1) is 22.1. The molecule has 168 valence electrons. The molecule has 2 aliphatic carbocycles. The minimum atomic E-state index is -3.18. The van der Waals surface area contributed by atoms with Crippen LogP contribution in [-0.4, -0.2) is 6.61 Å². The van der Waals surface area contributed by atoms with Gasteiger partial charge in [-0.2, -0.15) is 8.78 Å². The van der Waals surface area contributed by atoms with E-state index in [-0.39, 0.29) is 17.0 Å². The van der Waals surface area contributed by atoms with Crippen molar-refractivity contribution in [3.05, 3.63) is 53.3 Å². The molecule has 0 spiro atoms. The van der Waals surface area contributed by atoms with Crippen LogP contribution in [0.5, 0.6) is 5.75 Å². The highest BCUT2D eigenvalue weighted by Crippen LogP contribution is 2.48. The molecule has 2 aliphatic rings. The molecule has 0 aliphatic heterocycles. The summed E-state index contributed by atoms with van der Waals surface area (Å²) >= 11 is 0. The third-order valence-corrected chi connectivity index (χ3v) is 7.27. The first-order valence-corrected chi connectivity index (χ1v) is 11.1. The Kier molecular flexibility index (Phi) is 6.54. The summed E-state index contributed by atoms with van der Waals surface area (Å²) in [7, 11) is 0. The van der Waals surface area contributed by atoms with Gasteiger partial charge in [0.1, 0.15) is 11.6 Å². The molecule has 0 bridgehead atoms. The Labute approximate surface area is 179 Å². The average molecular weight is 438 g/mol. The fourth-order valence-electron chi connectivity index (χ4n) is 5.61. The van der Waals surface area contributed by atoms with Crippen molar-refractivity contribution in [1.29, 1.82) is 0 Å². The lowest BCUT2D eigenvalue weighted by Gasteiger charge is -2.42. The average Bonchev–Trinajstić information content (AvgIpc) is 2.74. The molecular weight excluding hydrogens is 411 g/mol. The molecule has 31 heavy (non-hydrogen) atoms. The van der Waals surface area contributed by atoms with Crippen molar-refractivity contribution in [3.63, 3.8) is 0 Å². The van der Waals surface area contributed by atoms with Crippen molar-refractivity contribution in [2.45, 2.75) is 64.4 Å². The maximum absolute atomic E-state index is 14.9. The highest BCUT2D eigenvalue weighted by molar-refractivity contribution is 5.66. The number of halogens is 5. The molecule has 2 aromatic rings. The maximum atomic E-state index is 14.9. The van der Waals surface area contributed by atoms with Gasteiger partial charge in [0.25, 0.3) is 0 Å². The predicted octanol–water partition coefficient (Wildman–Crippen LogP) is 8.08. The molecule has 4 unspecified atom stereocenters. The zero-order valence-corrected chi connectivity index (χ0v) is 17.5. The number of fused-ring (bicyclic) bond motifs is 1. The van der Waals surface area contributed by atoms with E-state index in [0.29, 0.717) is 11.5 Å². The number of alkyl halides is 2. The van der Waals surface area contributed by atoms with Crippen LogP contribution in [0.15, 0.2) is 30.3 Å². The van der Waals surface area contributed by atoms with Crippen LogP contribution in [0.25, 0.3) is 11.1 Å². The van der Waals surface area contributed by atoms with Crippen LogP contribution in [0.1, 0.15) is 63.4 Å². The van der Waals surface area contributed by atoms with E-state index in [0.717, 1.165) is 43.2 Å². The van der Waals surface area contributed by atoms with Gasteiger partial charge in [0, 0.05) is 0 Å². The second-order valence-electron chi connectivity index (χ2n) is 9.00. The van der Waals surface area contributed by atoms with Gasteiger partial charge >= 0.3 is 6.61 Å².